The zero-order chi connectivity index (χ0) is 99.4. The second kappa shape index (κ2) is 80.7. The van der Waals surface area contributed by atoms with Crippen molar-refractivity contribution in [1.29, 1.82) is 0 Å². The molecule has 0 spiro atoms. The van der Waals surface area contributed by atoms with Gasteiger partial charge < -0.3 is 13.6 Å². The van der Waals surface area contributed by atoms with Crippen LogP contribution >= 0.6 is 11.3 Å². The van der Waals surface area contributed by atoms with E-state index >= 15 is 0 Å². The number of pyridine rings is 5. The summed E-state index contributed by atoms with van der Waals surface area (Å²) in [5.41, 5.74) is 22.2. The number of aryl methyl sites for hydroxylation is 2. The van der Waals surface area contributed by atoms with E-state index in [4.69, 9.17) is 13.6 Å². The molecule has 14 heterocycles. The molecule has 0 amide bonds. The SMILES string of the molecule is C1=Cc2ccccc2C1.C1=NCc2ccccc21.C1=Nc2ccccc2C1.CC.CC.CC.CC.CC.CC.CC.CC.CC.CC.CC.CC.c1cc2c(cn1)OCC2.c1ccc2cnccc2c1.c1ccc2ncccc2c1.c1ccc2nccnc2c1.c1ccc2ocnc2c1.c1ccc2scnc2c1.c1cnc2c(c1)CCC2.c1cnc2c(c1)N=NC2.c1ncc2ccoc2n1. The summed E-state index contributed by atoms with van der Waals surface area (Å²) in [6, 6.07) is 82.7. The van der Waals surface area contributed by atoms with Gasteiger partial charge in [-0.1, -0.05) is 336 Å². The van der Waals surface area contributed by atoms with Crippen molar-refractivity contribution >= 4 is 106 Å². The quantitative estimate of drug-likeness (QED) is 0.138. The molecule has 8 aromatic carbocycles. The van der Waals surface area contributed by atoms with Gasteiger partial charge in [-0.05, 0) is 161 Å². The number of para-hydroxylation sites is 7. The Balaban J connectivity index is 0.000000721. The number of oxazole rings is 1. The summed E-state index contributed by atoms with van der Waals surface area (Å²) >= 11 is 1.68. The summed E-state index contributed by atoms with van der Waals surface area (Å²) in [4.78, 5) is 52.8. The number of hydrogen-bond donors (Lipinski definition) is 0. The predicted octanol–water partition coefficient (Wildman–Crippen LogP) is 33.8. The van der Waals surface area contributed by atoms with Crippen molar-refractivity contribution in [3.05, 3.63) is 392 Å². The zero-order valence-electron chi connectivity index (χ0n) is 84.8. The van der Waals surface area contributed by atoms with E-state index in [0.717, 1.165) is 93.8 Å². The Morgan fingerprint density at radius 3 is 1.50 bits per heavy atom. The molecule has 0 N–H and O–H groups in total. The Morgan fingerprint density at radius 1 is 0.326 bits per heavy atom. The topological polar surface area (TPSA) is 227 Å². The fourth-order valence-corrected chi connectivity index (χ4v) is 12.5. The van der Waals surface area contributed by atoms with E-state index in [9.17, 15) is 0 Å². The van der Waals surface area contributed by atoms with Gasteiger partial charge in [0.15, 0.2) is 12.0 Å². The Kier molecular flexibility index (Phi) is 71.0. The van der Waals surface area contributed by atoms with Crippen molar-refractivity contribution in [2.75, 3.05) is 6.61 Å². The van der Waals surface area contributed by atoms with Crippen LogP contribution in [0.1, 0.15) is 223 Å². The Hall–Kier alpha value is -14.2. The Bertz CT molecular complexity index is 5090. The second-order valence-electron chi connectivity index (χ2n) is 24.8. The molecule has 0 radical (unpaired) electrons. The van der Waals surface area contributed by atoms with Crippen molar-refractivity contribution in [2.24, 2.45) is 20.2 Å². The van der Waals surface area contributed by atoms with E-state index in [-0.39, 0.29) is 0 Å². The number of thiazole rings is 1. The van der Waals surface area contributed by atoms with Crippen LogP contribution in [0.4, 0.5) is 11.4 Å². The number of aliphatic imine (C=N–C) groups is 2. The Labute approximate surface area is 811 Å². The van der Waals surface area contributed by atoms with Crippen LogP contribution in [0.15, 0.2) is 370 Å². The van der Waals surface area contributed by atoms with Gasteiger partial charge in [0.2, 0.25) is 5.71 Å². The molecular weight excluding hydrogens is 1680 g/mol. The highest BCUT2D eigenvalue weighted by Gasteiger charge is 2.11. The van der Waals surface area contributed by atoms with Gasteiger partial charge in [-0.3, -0.25) is 44.9 Å². The van der Waals surface area contributed by atoms with Gasteiger partial charge in [-0.15, -0.1) is 11.3 Å². The van der Waals surface area contributed by atoms with Crippen molar-refractivity contribution in [2.45, 2.75) is 218 Å². The zero-order valence-corrected chi connectivity index (χ0v) is 85.6. The molecule has 135 heavy (non-hydrogen) atoms. The maximum atomic E-state index is 5.24. The third-order valence-electron chi connectivity index (χ3n) is 17.4. The largest absolute Gasteiger partial charge is 0.491 e. The fourth-order valence-electron chi connectivity index (χ4n) is 11.8. The van der Waals surface area contributed by atoms with E-state index in [1.807, 2.05) is 379 Å². The standard InChI is InChI=1S/2C9H7N.C9H8.C8H6N2.C8H9N.2C8H7N.C7H7NO.C7H5NO.C7H5NS.C6H5N3.C6H4N2O.12C2H6/c1-2-6-9-8(4-1)5-3-7-10-9;1-2-4-9-7-10-6-5-8(9)3-1;1-2-5-9-7-3-6-8(9)4-1;1-2-4-8-7(3-1)9-5-6-10-8;1-3-7-4-2-6-9-8(7)5-1;1-2-4-8-6-9-5-7(8)3-1;1-2-4-8-7(3-1)5-6-9-8;1-3-8-5-7-6(1)2-4-9-7;2*1-2-4-7-6(3-1)8-5-9-7;1-2-5-6(7-3-1)4-8-9-5;1-2-9-6-5(1)3-7-4-8-6;12*1-2/h2*1-7H;1-6H,7H2;1-6H;2,4,6H,1,3,5H2;1-5H,6H2;1-4,6H,5H2;1,3,5H,2,4H2;2*1-5H;1-3H,4H2;1-4H;12*1-2H3. The first-order valence-electron chi connectivity index (χ1n) is 48.3. The molecule has 6 aliphatic rings. The summed E-state index contributed by atoms with van der Waals surface area (Å²) in [7, 11) is 0. The fraction of sp³-hybridized carbons (Fsp3) is 0.284. The minimum atomic E-state index is 0.644. The number of nitrogens with zero attached hydrogens (tertiary/aromatic N) is 15. The molecule has 24 rings (SSSR count). The highest BCUT2D eigenvalue weighted by Crippen LogP contribution is 2.26. The van der Waals surface area contributed by atoms with Crippen molar-refractivity contribution in [3.8, 4) is 5.75 Å². The molecule has 0 saturated heterocycles. The summed E-state index contributed by atoms with van der Waals surface area (Å²) in [5, 5.41) is 12.3. The van der Waals surface area contributed by atoms with Gasteiger partial charge in [0.05, 0.1) is 74.7 Å². The molecule has 18 nitrogen and oxygen atoms in total. The van der Waals surface area contributed by atoms with Crippen LogP contribution < -0.4 is 4.74 Å². The van der Waals surface area contributed by atoms with Crippen LogP contribution in [-0.2, 0) is 45.2 Å². The van der Waals surface area contributed by atoms with Crippen LogP contribution in [-0.4, -0.2) is 73.9 Å². The van der Waals surface area contributed by atoms with Gasteiger partial charge in [0.25, 0.3) is 0 Å². The van der Waals surface area contributed by atoms with Gasteiger partial charge in [0, 0.05) is 97.7 Å². The highest BCUT2D eigenvalue weighted by molar-refractivity contribution is 7.16. The lowest BCUT2D eigenvalue weighted by molar-refractivity contribution is 0.355. The van der Waals surface area contributed by atoms with Crippen molar-refractivity contribution < 1.29 is 13.6 Å². The number of hydrogen-bond acceptors (Lipinski definition) is 19. The lowest BCUT2D eigenvalue weighted by atomic mass is 10.1. The third kappa shape index (κ3) is 44.7. The molecule has 0 saturated carbocycles. The molecule has 0 unspecified atom stereocenters. The van der Waals surface area contributed by atoms with Gasteiger partial charge in [-0.2, -0.15) is 10.2 Å². The lowest BCUT2D eigenvalue weighted by Gasteiger charge is -1.93. The number of azo groups is 1. The number of furan rings is 1. The summed E-state index contributed by atoms with van der Waals surface area (Å²) < 4.78 is 16.5. The summed E-state index contributed by atoms with van der Waals surface area (Å²) in [6.07, 6.45) is 37.5. The van der Waals surface area contributed by atoms with Gasteiger partial charge in [-0.25, -0.2) is 19.9 Å². The molecule has 0 fully saturated rings. The highest BCUT2D eigenvalue weighted by atomic mass is 32.1. The van der Waals surface area contributed by atoms with Crippen LogP contribution in [0.5, 0.6) is 5.75 Å². The molecule has 0 bridgehead atoms. The number of fused-ring (bicyclic) bond motifs is 12. The predicted molar refractivity (Wildman–Crippen MR) is 582 cm³/mol. The molecule has 4 aliphatic heterocycles. The van der Waals surface area contributed by atoms with E-state index in [1.54, 1.807) is 54.8 Å². The molecule has 18 aromatic rings. The van der Waals surface area contributed by atoms with Crippen LogP contribution in [0.3, 0.4) is 0 Å². The van der Waals surface area contributed by atoms with Crippen LogP contribution in [0.25, 0.3) is 71.2 Å². The van der Waals surface area contributed by atoms with Crippen LogP contribution in [0, 0.1) is 0 Å². The molecule has 19 heteroatoms. The van der Waals surface area contributed by atoms with E-state index in [0.29, 0.717) is 12.3 Å². The lowest BCUT2D eigenvalue weighted by Crippen LogP contribution is -1.85. The second-order valence-corrected chi connectivity index (χ2v) is 25.7. The monoisotopic (exact) mass is 1830 g/mol. The molecule has 10 aromatic heterocycles. The molecular formula is C116H149N15O3S. The number of aromatic nitrogens is 11. The van der Waals surface area contributed by atoms with E-state index in [2.05, 4.69) is 166 Å². The normalized spacial score (nSPS) is 10.5. The first-order valence-corrected chi connectivity index (χ1v) is 49.1. The minimum Gasteiger partial charge on any atom is -0.491 e. The van der Waals surface area contributed by atoms with Crippen LogP contribution in [0.2, 0.25) is 0 Å². The minimum absolute atomic E-state index is 0.644. The third-order valence-corrected chi connectivity index (χ3v) is 18.2. The number of rotatable bonds is 0. The van der Waals surface area contributed by atoms with Gasteiger partial charge in [0.1, 0.15) is 29.8 Å². The smallest absolute Gasteiger partial charge is 0.228 e. The first kappa shape index (κ1) is 119. The van der Waals surface area contributed by atoms with Gasteiger partial charge >= 0.3 is 0 Å². The number of allylic oxidation sites excluding steroid dienone is 1. The van der Waals surface area contributed by atoms with E-state index in [1.165, 1.54) is 97.5 Å². The maximum Gasteiger partial charge on any atom is 0.228 e. The molecule has 2 aliphatic carbocycles. The molecule has 0 atom stereocenters. The summed E-state index contributed by atoms with van der Waals surface area (Å²) in [5.74, 6) is 0.956. The maximum absolute atomic E-state index is 5.24. The van der Waals surface area contributed by atoms with Crippen molar-refractivity contribution in [3.63, 3.8) is 0 Å². The Morgan fingerprint density at radius 2 is 0.859 bits per heavy atom. The number of benzene rings is 8. The average Bonchev–Trinajstić information content (AvgIpc) is 1.44. The van der Waals surface area contributed by atoms with E-state index < -0.39 is 0 Å². The number of ether oxygens (including phenoxy) is 1. The first-order chi connectivity index (χ1) is 67.1. The average molecular weight is 1830 g/mol. The van der Waals surface area contributed by atoms with Crippen molar-refractivity contribution in [1.82, 2.24) is 54.8 Å². The molecule has 712 valence electrons. The summed E-state index contributed by atoms with van der Waals surface area (Å²) in [6.45, 7) is 50.3.